The smallest absolute Gasteiger partial charge is 0.242 e. The van der Waals surface area contributed by atoms with Crippen molar-refractivity contribution in [2.75, 3.05) is 25.6 Å². The molecule has 1 aromatic rings. The number of nitrogens with two attached hydrogens (primary N) is 1. The van der Waals surface area contributed by atoms with E-state index in [1.807, 2.05) is 6.26 Å². The van der Waals surface area contributed by atoms with Gasteiger partial charge in [-0.3, -0.25) is 0 Å². The molecule has 19 heavy (non-hydrogen) atoms. The summed E-state index contributed by atoms with van der Waals surface area (Å²) in [4.78, 5) is 0.690. The Morgan fingerprint density at radius 2 is 1.95 bits per heavy atom. The Morgan fingerprint density at radius 3 is 2.42 bits per heavy atom. The predicted molar refractivity (Wildman–Crippen MR) is 85.1 cm³/mol. The number of sulfonamides is 1. The topological polar surface area (TPSA) is 63.4 Å². The molecule has 106 valence electrons. The van der Waals surface area contributed by atoms with Crippen LogP contribution in [0.3, 0.4) is 0 Å². The van der Waals surface area contributed by atoms with E-state index in [0.717, 1.165) is 11.3 Å². The lowest BCUT2D eigenvalue weighted by Gasteiger charge is -2.16. The minimum Gasteiger partial charge on any atom is -0.393 e. The van der Waals surface area contributed by atoms with Gasteiger partial charge in [0.2, 0.25) is 10.0 Å². The summed E-state index contributed by atoms with van der Waals surface area (Å²) in [5.74, 6) is 0.773. The van der Waals surface area contributed by atoms with Gasteiger partial charge in [-0.25, -0.2) is 12.7 Å². The second-order valence-electron chi connectivity index (χ2n) is 4.11. The standard InChI is InChI=1S/C12H18N2O2S3/c1-14(7-8-18-2)19(15,16)11-5-3-10(4-6-11)9-12(13)17/h3-6H,7-9H2,1-2H3,(H2,13,17). The summed E-state index contributed by atoms with van der Waals surface area (Å²) in [5, 5.41) is 0. The number of thioether (sulfide) groups is 1. The third-order valence-corrected chi connectivity index (χ3v) is 5.23. The van der Waals surface area contributed by atoms with Crippen molar-refractivity contribution in [1.29, 1.82) is 0 Å². The fraction of sp³-hybridized carbons (Fsp3) is 0.417. The zero-order chi connectivity index (χ0) is 14.5. The SMILES string of the molecule is CSCCN(C)S(=O)(=O)c1ccc(CC(N)=S)cc1. The first kappa shape index (κ1) is 16.4. The van der Waals surface area contributed by atoms with Gasteiger partial charge in [-0.05, 0) is 24.0 Å². The number of nitrogens with zero attached hydrogens (tertiary/aromatic N) is 1. The fourth-order valence-electron chi connectivity index (χ4n) is 1.50. The zero-order valence-corrected chi connectivity index (χ0v) is 13.4. The largest absolute Gasteiger partial charge is 0.393 e. The Balaban J connectivity index is 2.87. The van der Waals surface area contributed by atoms with E-state index in [0.29, 0.717) is 22.8 Å². The first-order valence-electron chi connectivity index (χ1n) is 5.70. The second kappa shape index (κ2) is 7.23. The van der Waals surface area contributed by atoms with Crippen molar-refractivity contribution in [3.8, 4) is 0 Å². The third-order valence-electron chi connectivity index (χ3n) is 2.62. The van der Waals surface area contributed by atoms with Crippen molar-refractivity contribution in [1.82, 2.24) is 4.31 Å². The highest BCUT2D eigenvalue weighted by atomic mass is 32.2. The Labute approximate surface area is 124 Å². The maximum atomic E-state index is 12.2. The van der Waals surface area contributed by atoms with E-state index in [2.05, 4.69) is 0 Å². The molecule has 0 bridgehead atoms. The molecule has 0 heterocycles. The maximum absolute atomic E-state index is 12.2. The van der Waals surface area contributed by atoms with Crippen LogP contribution in [0.25, 0.3) is 0 Å². The van der Waals surface area contributed by atoms with E-state index >= 15 is 0 Å². The molecule has 1 aromatic carbocycles. The van der Waals surface area contributed by atoms with Crippen LogP contribution in [-0.2, 0) is 16.4 Å². The summed E-state index contributed by atoms with van der Waals surface area (Å²) in [6.07, 6.45) is 2.43. The van der Waals surface area contributed by atoms with Crippen LogP contribution < -0.4 is 5.73 Å². The van der Waals surface area contributed by atoms with Crippen LogP contribution in [0.1, 0.15) is 5.56 Å². The van der Waals surface area contributed by atoms with Gasteiger partial charge in [0.15, 0.2) is 0 Å². The van der Waals surface area contributed by atoms with E-state index < -0.39 is 10.0 Å². The molecule has 0 saturated heterocycles. The van der Waals surface area contributed by atoms with Crippen LogP contribution >= 0.6 is 24.0 Å². The molecule has 2 N–H and O–H groups in total. The van der Waals surface area contributed by atoms with Crippen molar-refractivity contribution in [3.63, 3.8) is 0 Å². The second-order valence-corrected chi connectivity index (χ2v) is 7.66. The van der Waals surface area contributed by atoms with Crippen molar-refractivity contribution < 1.29 is 8.42 Å². The van der Waals surface area contributed by atoms with Crippen molar-refractivity contribution in [2.45, 2.75) is 11.3 Å². The summed E-state index contributed by atoms with van der Waals surface area (Å²) in [5.41, 5.74) is 6.37. The number of rotatable bonds is 7. The lowest BCUT2D eigenvalue weighted by atomic mass is 10.1. The van der Waals surface area contributed by atoms with Gasteiger partial charge < -0.3 is 5.73 Å². The van der Waals surface area contributed by atoms with E-state index in [1.54, 1.807) is 43.1 Å². The quantitative estimate of drug-likeness (QED) is 0.772. The summed E-state index contributed by atoms with van der Waals surface area (Å²) < 4.78 is 25.8. The van der Waals surface area contributed by atoms with Crippen molar-refractivity contribution in [3.05, 3.63) is 29.8 Å². The van der Waals surface area contributed by atoms with Crippen LogP contribution in [0.15, 0.2) is 29.2 Å². The van der Waals surface area contributed by atoms with Gasteiger partial charge in [0.1, 0.15) is 0 Å². The predicted octanol–water partition coefficient (Wildman–Crippen LogP) is 1.50. The number of thiocarbonyl (C=S) groups is 1. The highest BCUT2D eigenvalue weighted by molar-refractivity contribution is 7.98. The molecular formula is C12H18N2O2S3. The Hall–Kier alpha value is -0.630. The van der Waals surface area contributed by atoms with Crippen LogP contribution in [0.5, 0.6) is 0 Å². The Bertz CT molecular complexity index is 526. The van der Waals surface area contributed by atoms with Gasteiger partial charge in [-0.2, -0.15) is 11.8 Å². The van der Waals surface area contributed by atoms with Gasteiger partial charge in [-0.15, -0.1) is 0 Å². The third kappa shape index (κ3) is 4.76. The molecule has 7 heteroatoms. The summed E-state index contributed by atoms with van der Waals surface area (Å²) in [7, 11) is -1.81. The van der Waals surface area contributed by atoms with Gasteiger partial charge >= 0.3 is 0 Å². The highest BCUT2D eigenvalue weighted by Gasteiger charge is 2.19. The summed E-state index contributed by atoms with van der Waals surface area (Å²) in [6.45, 7) is 0.498. The number of benzene rings is 1. The molecule has 0 spiro atoms. The fourth-order valence-corrected chi connectivity index (χ4v) is 3.41. The van der Waals surface area contributed by atoms with E-state index in [4.69, 9.17) is 18.0 Å². The lowest BCUT2D eigenvalue weighted by Crippen LogP contribution is -2.29. The number of hydrogen-bond donors (Lipinski definition) is 1. The average molecular weight is 318 g/mol. The molecule has 0 saturated carbocycles. The van der Waals surface area contributed by atoms with Crippen molar-refractivity contribution in [2.24, 2.45) is 5.73 Å². The minimum atomic E-state index is -3.40. The van der Waals surface area contributed by atoms with Crippen LogP contribution in [0.2, 0.25) is 0 Å². The average Bonchev–Trinajstić information content (AvgIpc) is 2.35. The molecule has 0 unspecified atom stereocenters. The first-order valence-corrected chi connectivity index (χ1v) is 8.94. The maximum Gasteiger partial charge on any atom is 0.242 e. The van der Waals surface area contributed by atoms with Gasteiger partial charge in [0.05, 0.1) is 9.88 Å². The highest BCUT2D eigenvalue weighted by Crippen LogP contribution is 2.15. The van der Waals surface area contributed by atoms with E-state index in [9.17, 15) is 8.42 Å². The van der Waals surface area contributed by atoms with Crippen LogP contribution in [0.4, 0.5) is 0 Å². The molecule has 0 radical (unpaired) electrons. The van der Waals surface area contributed by atoms with Crippen molar-refractivity contribution >= 4 is 39.0 Å². The normalized spacial score (nSPS) is 11.7. The lowest BCUT2D eigenvalue weighted by molar-refractivity contribution is 0.488. The monoisotopic (exact) mass is 318 g/mol. The molecule has 0 aliphatic heterocycles. The molecule has 1 rings (SSSR count). The van der Waals surface area contributed by atoms with Gasteiger partial charge in [0.25, 0.3) is 0 Å². The molecule has 0 aliphatic carbocycles. The van der Waals surface area contributed by atoms with Gasteiger partial charge in [-0.1, -0.05) is 24.4 Å². The minimum absolute atomic E-state index is 0.294. The molecular weight excluding hydrogens is 300 g/mol. The summed E-state index contributed by atoms with van der Waals surface area (Å²) in [6, 6.07) is 6.68. The molecule has 0 aliphatic rings. The molecule has 0 atom stereocenters. The Kier molecular flexibility index (Phi) is 6.25. The molecule has 4 nitrogen and oxygen atoms in total. The van der Waals surface area contributed by atoms with Gasteiger partial charge in [0, 0.05) is 25.8 Å². The Morgan fingerprint density at radius 1 is 1.37 bits per heavy atom. The first-order chi connectivity index (χ1) is 8.87. The van der Waals surface area contributed by atoms with E-state index in [1.165, 1.54) is 4.31 Å². The van der Waals surface area contributed by atoms with E-state index in [-0.39, 0.29) is 0 Å². The summed E-state index contributed by atoms with van der Waals surface area (Å²) >= 11 is 6.44. The number of hydrogen-bond acceptors (Lipinski definition) is 4. The van der Waals surface area contributed by atoms with Crippen LogP contribution in [-0.4, -0.2) is 43.3 Å². The zero-order valence-electron chi connectivity index (χ0n) is 11.0. The molecule has 0 fully saturated rings. The van der Waals surface area contributed by atoms with Crippen LogP contribution in [0, 0.1) is 0 Å². The molecule has 0 aromatic heterocycles. The molecule has 0 amide bonds.